The van der Waals surface area contributed by atoms with Crippen LogP contribution in [-0.4, -0.2) is 50.6 Å². The molecule has 1 atom stereocenters. The lowest BCUT2D eigenvalue weighted by molar-refractivity contribution is 0.228. The summed E-state index contributed by atoms with van der Waals surface area (Å²) in [5.41, 5.74) is 0.0314. The normalized spacial score (nSPS) is 17.9. The van der Waals surface area contributed by atoms with Crippen LogP contribution in [-0.2, 0) is 6.54 Å². The van der Waals surface area contributed by atoms with Crippen LogP contribution in [0, 0.1) is 0 Å². The van der Waals surface area contributed by atoms with Gasteiger partial charge in [-0.2, -0.15) is 0 Å². The second kappa shape index (κ2) is 6.05. The molecular formula is C14H22N6O2. The van der Waals surface area contributed by atoms with Crippen molar-refractivity contribution in [2.45, 2.75) is 32.9 Å². The van der Waals surface area contributed by atoms with Crippen molar-refractivity contribution >= 4 is 11.2 Å². The van der Waals surface area contributed by atoms with Gasteiger partial charge in [-0.25, -0.2) is 9.78 Å². The maximum Gasteiger partial charge on any atom is 0.330 e. The SMILES string of the molecule is CCC(C)n1c(=O)[nH]c(=O)c2[nH]c(CN3CCNCC3)nc21. The highest BCUT2D eigenvalue weighted by Crippen LogP contribution is 2.14. The average Bonchev–Trinajstić information content (AvgIpc) is 2.91. The van der Waals surface area contributed by atoms with E-state index in [9.17, 15) is 9.59 Å². The molecule has 3 heterocycles. The van der Waals surface area contributed by atoms with Gasteiger partial charge in [0.15, 0.2) is 5.65 Å². The lowest BCUT2D eigenvalue weighted by atomic mass is 10.2. The summed E-state index contributed by atoms with van der Waals surface area (Å²) >= 11 is 0. The van der Waals surface area contributed by atoms with Crippen molar-refractivity contribution in [1.29, 1.82) is 0 Å². The van der Waals surface area contributed by atoms with Crippen LogP contribution >= 0.6 is 0 Å². The molecule has 120 valence electrons. The van der Waals surface area contributed by atoms with Gasteiger partial charge in [-0.3, -0.25) is 19.2 Å². The Morgan fingerprint density at radius 3 is 2.64 bits per heavy atom. The minimum atomic E-state index is -0.404. The van der Waals surface area contributed by atoms with E-state index in [1.807, 2.05) is 13.8 Å². The predicted octanol–water partition coefficient (Wildman–Crippen LogP) is -0.211. The summed E-state index contributed by atoms with van der Waals surface area (Å²) in [7, 11) is 0. The molecule has 3 N–H and O–H groups in total. The van der Waals surface area contributed by atoms with Gasteiger partial charge >= 0.3 is 5.69 Å². The Balaban J connectivity index is 2.02. The van der Waals surface area contributed by atoms with E-state index in [0.29, 0.717) is 17.7 Å². The number of rotatable bonds is 4. The Labute approximate surface area is 127 Å². The van der Waals surface area contributed by atoms with E-state index in [4.69, 9.17) is 0 Å². The van der Waals surface area contributed by atoms with Crippen LogP contribution in [0.15, 0.2) is 9.59 Å². The zero-order chi connectivity index (χ0) is 15.7. The van der Waals surface area contributed by atoms with Crippen LogP contribution < -0.4 is 16.6 Å². The Kier molecular flexibility index (Phi) is 4.12. The first-order valence-corrected chi connectivity index (χ1v) is 7.76. The van der Waals surface area contributed by atoms with Crippen LogP contribution in [0.3, 0.4) is 0 Å². The van der Waals surface area contributed by atoms with Crippen molar-refractivity contribution in [2.24, 2.45) is 0 Å². The fourth-order valence-corrected chi connectivity index (χ4v) is 2.81. The first kappa shape index (κ1) is 15.0. The molecule has 0 bridgehead atoms. The highest BCUT2D eigenvalue weighted by Gasteiger charge is 2.18. The maximum absolute atomic E-state index is 12.1. The van der Waals surface area contributed by atoms with Gasteiger partial charge in [0, 0.05) is 32.2 Å². The van der Waals surface area contributed by atoms with Gasteiger partial charge in [0.05, 0.1) is 6.54 Å². The van der Waals surface area contributed by atoms with E-state index in [0.717, 1.165) is 38.4 Å². The van der Waals surface area contributed by atoms with Gasteiger partial charge in [0.2, 0.25) is 0 Å². The van der Waals surface area contributed by atoms with Gasteiger partial charge < -0.3 is 10.3 Å². The topological polar surface area (TPSA) is 98.8 Å². The smallest absolute Gasteiger partial charge is 0.330 e. The quantitative estimate of drug-likeness (QED) is 0.726. The van der Waals surface area contributed by atoms with Gasteiger partial charge in [0.1, 0.15) is 11.3 Å². The molecule has 8 heteroatoms. The minimum absolute atomic E-state index is 0.0119. The molecule has 1 aliphatic heterocycles. The Hall–Kier alpha value is -1.93. The van der Waals surface area contributed by atoms with Gasteiger partial charge in [-0.15, -0.1) is 0 Å². The zero-order valence-electron chi connectivity index (χ0n) is 13.0. The molecule has 0 aliphatic carbocycles. The molecule has 0 radical (unpaired) electrons. The van der Waals surface area contributed by atoms with E-state index in [-0.39, 0.29) is 6.04 Å². The molecule has 0 spiro atoms. The Bertz CT molecular complexity index is 768. The Morgan fingerprint density at radius 2 is 1.95 bits per heavy atom. The average molecular weight is 306 g/mol. The second-order valence-electron chi connectivity index (χ2n) is 5.79. The van der Waals surface area contributed by atoms with Gasteiger partial charge in [-0.05, 0) is 13.3 Å². The summed E-state index contributed by atoms with van der Waals surface area (Å²) in [6.45, 7) is 8.42. The molecule has 0 aromatic carbocycles. The molecule has 22 heavy (non-hydrogen) atoms. The molecule has 0 amide bonds. The fourth-order valence-electron chi connectivity index (χ4n) is 2.81. The summed E-state index contributed by atoms with van der Waals surface area (Å²) in [4.78, 5) is 36.3. The molecule has 3 rings (SSSR count). The fraction of sp³-hybridized carbons (Fsp3) is 0.643. The lowest BCUT2D eigenvalue weighted by Crippen LogP contribution is -2.43. The summed E-state index contributed by atoms with van der Waals surface area (Å²) in [5.74, 6) is 0.727. The third kappa shape index (κ3) is 2.71. The first-order valence-electron chi connectivity index (χ1n) is 7.76. The number of imidazole rings is 1. The summed E-state index contributed by atoms with van der Waals surface area (Å²) < 4.78 is 1.56. The van der Waals surface area contributed by atoms with Gasteiger partial charge in [0.25, 0.3) is 5.56 Å². The van der Waals surface area contributed by atoms with E-state index >= 15 is 0 Å². The largest absolute Gasteiger partial charge is 0.335 e. The second-order valence-corrected chi connectivity index (χ2v) is 5.79. The number of piperazine rings is 1. The molecule has 1 fully saturated rings. The van der Waals surface area contributed by atoms with Crippen LogP contribution in [0.25, 0.3) is 11.2 Å². The zero-order valence-corrected chi connectivity index (χ0v) is 13.0. The van der Waals surface area contributed by atoms with Crippen LogP contribution in [0.2, 0.25) is 0 Å². The maximum atomic E-state index is 12.1. The number of fused-ring (bicyclic) bond motifs is 1. The molecule has 0 saturated carbocycles. The number of H-pyrrole nitrogens is 2. The van der Waals surface area contributed by atoms with Crippen LogP contribution in [0.1, 0.15) is 32.1 Å². The first-order chi connectivity index (χ1) is 10.6. The molecule has 8 nitrogen and oxygen atoms in total. The van der Waals surface area contributed by atoms with Crippen molar-refractivity contribution in [2.75, 3.05) is 26.2 Å². The van der Waals surface area contributed by atoms with Crippen LogP contribution in [0.4, 0.5) is 0 Å². The predicted molar refractivity (Wildman–Crippen MR) is 84.1 cm³/mol. The third-order valence-electron chi connectivity index (χ3n) is 4.24. The van der Waals surface area contributed by atoms with Crippen molar-refractivity contribution in [3.05, 3.63) is 26.7 Å². The number of hydrogen-bond acceptors (Lipinski definition) is 5. The number of aromatic amines is 2. The molecule has 1 aliphatic rings. The summed E-state index contributed by atoms with van der Waals surface area (Å²) in [6.07, 6.45) is 0.793. The molecule has 1 saturated heterocycles. The number of nitrogens with one attached hydrogen (secondary N) is 3. The van der Waals surface area contributed by atoms with Crippen molar-refractivity contribution < 1.29 is 0 Å². The van der Waals surface area contributed by atoms with E-state index in [1.54, 1.807) is 4.57 Å². The summed E-state index contributed by atoms with van der Waals surface area (Å²) in [6, 6.07) is -0.0119. The molecule has 2 aromatic rings. The Morgan fingerprint density at radius 1 is 1.23 bits per heavy atom. The van der Waals surface area contributed by atoms with E-state index in [1.165, 1.54) is 0 Å². The van der Waals surface area contributed by atoms with Crippen molar-refractivity contribution in [3.8, 4) is 0 Å². The molecular weight excluding hydrogens is 284 g/mol. The standard InChI is InChI=1S/C14H22N6O2/c1-3-9(2)20-12-11(13(21)18-14(20)22)16-10(17-12)8-19-6-4-15-5-7-19/h9,15H,3-8H2,1-2H3,(H,16,17)(H,18,21,22). The molecule has 1 unspecified atom stereocenters. The third-order valence-corrected chi connectivity index (χ3v) is 4.24. The number of aromatic nitrogens is 4. The minimum Gasteiger partial charge on any atom is -0.335 e. The molecule has 2 aromatic heterocycles. The highest BCUT2D eigenvalue weighted by atomic mass is 16.2. The van der Waals surface area contributed by atoms with Gasteiger partial charge in [-0.1, -0.05) is 6.92 Å². The van der Waals surface area contributed by atoms with E-state index < -0.39 is 11.2 Å². The summed E-state index contributed by atoms with van der Waals surface area (Å²) in [5, 5.41) is 3.30. The van der Waals surface area contributed by atoms with Crippen molar-refractivity contribution in [1.82, 2.24) is 29.7 Å². The number of nitrogens with zero attached hydrogens (tertiary/aromatic N) is 3. The van der Waals surface area contributed by atoms with Crippen LogP contribution in [0.5, 0.6) is 0 Å². The highest BCUT2D eigenvalue weighted by molar-refractivity contribution is 5.69. The van der Waals surface area contributed by atoms with Crippen molar-refractivity contribution in [3.63, 3.8) is 0 Å². The van der Waals surface area contributed by atoms with E-state index in [2.05, 4.69) is 25.2 Å². The monoisotopic (exact) mass is 306 g/mol. The lowest BCUT2D eigenvalue weighted by Gasteiger charge is -2.26. The number of hydrogen-bond donors (Lipinski definition) is 3.